The molecule has 1 N–H and O–H groups in total. The van der Waals surface area contributed by atoms with Gasteiger partial charge in [-0.05, 0) is 61.4 Å². The average molecular weight is 398 g/mol. The summed E-state index contributed by atoms with van der Waals surface area (Å²) in [6.45, 7) is 1.32. The van der Waals surface area contributed by atoms with Gasteiger partial charge in [0.15, 0.2) is 5.13 Å². The van der Waals surface area contributed by atoms with E-state index in [1.54, 1.807) is 36.4 Å². The SMILES string of the molecule is O=C(Nc1nc(-c2ccc(F)cc2)cs1)c1ccc(OCC2CCCO2)cc1. The number of hydrogen-bond donors (Lipinski definition) is 1. The van der Waals surface area contributed by atoms with Gasteiger partial charge in [0.1, 0.15) is 18.2 Å². The molecule has 4 rings (SSSR count). The number of benzene rings is 2. The van der Waals surface area contributed by atoms with Gasteiger partial charge in [0.25, 0.3) is 5.91 Å². The summed E-state index contributed by atoms with van der Waals surface area (Å²) >= 11 is 1.32. The normalized spacial score (nSPS) is 16.1. The molecule has 28 heavy (non-hydrogen) atoms. The first-order chi connectivity index (χ1) is 13.7. The zero-order valence-corrected chi connectivity index (χ0v) is 15.9. The standard InChI is InChI=1S/C21H19FN2O3S/c22-16-7-3-14(4-8-16)19-13-28-21(23-19)24-20(25)15-5-9-17(10-6-15)27-12-18-2-1-11-26-18/h3-10,13,18H,1-2,11-12H2,(H,23,24,25). The molecule has 0 saturated carbocycles. The predicted molar refractivity (Wildman–Crippen MR) is 106 cm³/mol. The maximum atomic E-state index is 13.0. The van der Waals surface area contributed by atoms with E-state index in [0.29, 0.717) is 28.7 Å². The van der Waals surface area contributed by atoms with Crippen molar-refractivity contribution in [3.8, 4) is 17.0 Å². The molecule has 1 saturated heterocycles. The molecule has 1 atom stereocenters. The number of nitrogens with zero attached hydrogens (tertiary/aromatic N) is 1. The minimum absolute atomic E-state index is 0.156. The maximum absolute atomic E-state index is 13.0. The molecular formula is C21H19FN2O3S. The summed E-state index contributed by atoms with van der Waals surface area (Å²) in [6, 6.07) is 13.1. The van der Waals surface area contributed by atoms with Gasteiger partial charge in [-0.15, -0.1) is 11.3 Å². The molecule has 0 spiro atoms. The highest BCUT2D eigenvalue weighted by atomic mass is 32.1. The molecule has 7 heteroatoms. The van der Waals surface area contributed by atoms with Gasteiger partial charge in [-0.25, -0.2) is 9.37 Å². The van der Waals surface area contributed by atoms with E-state index in [-0.39, 0.29) is 17.8 Å². The van der Waals surface area contributed by atoms with Crippen LogP contribution in [-0.2, 0) is 4.74 Å². The van der Waals surface area contributed by atoms with Gasteiger partial charge in [-0.1, -0.05) is 0 Å². The van der Waals surface area contributed by atoms with Gasteiger partial charge in [-0.2, -0.15) is 0 Å². The first-order valence-electron chi connectivity index (χ1n) is 9.05. The van der Waals surface area contributed by atoms with Crippen molar-refractivity contribution in [3.05, 3.63) is 65.3 Å². The Morgan fingerprint density at radius 1 is 1.21 bits per heavy atom. The molecule has 5 nitrogen and oxygen atoms in total. The Labute approximate surface area is 166 Å². The van der Waals surface area contributed by atoms with Crippen molar-refractivity contribution in [2.45, 2.75) is 18.9 Å². The second kappa shape index (κ2) is 8.50. The molecule has 0 radical (unpaired) electrons. The van der Waals surface area contributed by atoms with E-state index in [4.69, 9.17) is 9.47 Å². The molecule has 144 valence electrons. The fourth-order valence-electron chi connectivity index (χ4n) is 2.92. The van der Waals surface area contributed by atoms with E-state index < -0.39 is 0 Å². The number of thiazole rings is 1. The molecule has 0 aliphatic carbocycles. The van der Waals surface area contributed by atoms with Gasteiger partial charge in [-0.3, -0.25) is 10.1 Å². The smallest absolute Gasteiger partial charge is 0.257 e. The van der Waals surface area contributed by atoms with E-state index in [1.807, 2.05) is 5.38 Å². The number of anilines is 1. The molecule has 1 fully saturated rings. The Kier molecular flexibility index (Phi) is 5.64. The summed E-state index contributed by atoms with van der Waals surface area (Å²) in [7, 11) is 0. The van der Waals surface area contributed by atoms with Gasteiger partial charge in [0.2, 0.25) is 0 Å². The average Bonchev–Trinajstić information content (AvgIpc) is 3.39. The summed E-state index contributed by atoms with van der Waals surface area (Å²) in [5.41, 5.74) is 2.01. The monoisotopic (exact) mass is 398 g/mol. The Hall–Kier alpha value is -2.77. The lowest BCUT2D eigenvalue weighted by Gasteiger charge is -2.11. The van der Waals surface area contributed by atoms with Crippen LogP contribution in [0.1, 0.15) is 23.2 Å². The highest BCUT2D eigenvalue weighted by Crippen LogP contribution is 2.25. The van der Waals surface area contributed by atoms with Crippen molar-refractivity contribution in [3.63, 3.8) is 0 Å². The number of ether oxygens (including phenoxy) is 2. The molecule has 1 aliphatic heterocycles. The Morgan fingerprint density at radius 2 is 2.00 bits per heavy atom. The second-order valence-corrected chi connectivity index (χ2v) is 7.33. The van der Waals surface area contributed by atoms with Crippen molar-refractivity contribution < 1.29 is 18.7 Å². The van der Waals surface area contributed by atoms with Crippen molar-refractivity contribution >= 4 is 22.4 Å². The third-order valence-corrected chi connectivity index (χ3v) is 5.20. The van der Waals surface area contributed by atoms with Crippen molar-refractivity contribution in [2.75, 3.05) is 18.5 Å². The predicted octanol–water partition coefficient (Wildman–Crippen LogP) is 4.76. The van der Waals surface area contributed by atoms with Crippen LogP contribution in [0, 0.1) is 5.82 Å². The number of halogens is 1. The van der Waals surface area contributed by atoms with Crippen LogP contribution in [-0.4, -0.2) is 30.2 Å². The molecule has 1 aliphatic rings. The van der Waals surface area contributed by atoms with E-state index in [9.17, 15) is 9.18 Å². The lowest BCUT2D eigenvalue weighted by Crippen LogP contribution is -2.16. The molecule has 3 aromatic rings. The van der Waals surface area contributed by atoms with Gasteiger partial charge >= 0.3 is 0 Å². The van der Waals surface area contributed by atoms with Crippen molar-refractivity contribution in [1.29, 1.82) is 0 Å². The van der Waals surface area contributed by atoms with E-state index >= 15 is 0 Å². The second-order valence-electron chi connectivity index (χ2n) is 6.47. The topological polar surface area (TPSA) is 60.5 Å². The molecule has 1 aromatic heterocycles. The number of hydrogen-bond acceptors (Lipinski definition) is 5. The highest BCUT2D eigenvalue weighted by Gasteiger charge is 2.16. The van der Waals surface area contributed by atoms with Gasteiger partial charge in [0, 0.05) is 23.1 Å². The number of nitrogens with one attached hydrogen (secondary N) is 1. The summed E-state index contributed by atoms with van der Waals surface area (Å²) in [5.74, 6) is 0.168. The molecule has 1 unspecified atom stereocenters. The maximum Gasteiger partial charge on any atom is 0.257 e. The van der Waals surface area contributed by atoms with E-state index in [1.165, 1.54) is 23.5 Å². The molecular weight excluding hydrogens is 379 g/mol. The Morgan fingerprint density at radius 3 is 2.71 bits per heavy atom. The van der Waals surface area contributed by atoms with Gasteiger partial charge in [0.05, 0.1) is 11.8 Å². The zero-order valence-electron chi connectivity index (χ0n) is 15.1. The molecule has 0 bridgehead atoms. The Balaban J connectivity index is 1.35. The number of rotatable bonds is 6. The minimum Gasteiger partial charge on any atom is -0.491 e. The van der Waals surface area contributed by atoms with Crippen LogP contribution < -0.4 is 10.1 Å². The van der Waals surface area contributed by atoms with E-state index in [2.05, 4.69) is 10.3 Å². The van der Waals surface area contributed by atoms with Crippen LogP contribution in [0.3, 0.4) is 0 Å². The fourth-order valence-corrected chi connectivity index (χ4v) is 3.64. The highest BCUT2D eigenvalue weighted by molar-refractivity contribution is 7.14. The van der Waals surface area contributed by atoms with E-state index in [0.717, 1.165) is 25.0 Å². The van der Waals surface area contributed by atoms with Crippen molar-refractivity contribution in [1.82, 2.24) is 4.98 Å². The fraction of sp³-hybridized carbons (Fsp3) is 0.238. The zero-order chi connectivity index (χ0) is 19.3. The third-order valence-electron chi connectivity index (χ3n) is 4.44. The molecule has 2 aromatic carbocycles. The quantitative estimate of drug-likeness (QED) is 0.650. The first kappa shape index (κ1) is 18.6. The van der Waals surface area contributed by atoms with Gasteiger partial charge < -0.3 is 9.47 Å². The number of carbonyl (C=O) groups is 1. The number of amides is 1. The van der Waals surface area contributed by atoms with Crippen LogP contribution >= 0.6 is 11.3 Å². The molecule has 1 amide bonds. The summed E-state index contributed by atoms with van der Waals surface area (Å²) < 4.78 is 24.3. The summed E-state index contributed by atoms with van der Waals surface area (Å²) in [4.78, 5) is 16.8. The summed E-state index contributed by atoms with van der Waals surface area (Å²) in [5, 5.41) is 5.10. The van der Waals surface area contributed by atoms with Crippen LogP contribution in [0.25, 0.3) is 11.3 Å². The minimum atomic E-state index is -0.296. The lowest BCUT2D eigenvalue weighted by atomic mass is 10.2. The first-order valence-corrected chi connectivity index (χ1v) is 9.92. The van der Waals surface area contributed by atoms with Crippen LogP contribution in [0.4, 0.5) is 9.52 Å². The van der Waals surface area contributed by atoms with Crippen LogP contribution in [0.5, 0.6) is 5.75 Å². The third kappa shape index (κ3) is 4.55. The lowest BCUT2D eigenvalue weighted by molar-refractivity contribution is 0.0679. The largest absolute Gasteiger partial charge is 0.491 e. The Bertz CT molecular complexity index is 935. The summed E-state index contributed by atoms with van der Waals surface area (Å²) in [6.07, 6.45) is 2.25. The van der Waals surface area contributed by atoms with Crippen LogP contribution in [0.2, 0.25) is 0 Å². The number of aromatic nitrogens is 1. The number of carbonyl (C=O) groups excluding carboxylic acids is 1. The van der Waals surface area contributed by atoms with Crippen molar-refractivity contribution in [2.24, 2.45) is 0 Å². The molecule has 2 heterocycles. The van der Waals surface area contributed by atoms with Crippen LogP contribution in [0.15, 0.2) is 53.9 Å².